The van der Waals surface area contributed by atoms with Crippen molar-refractivity contribution in [3.8, 4) is 0 Å². The summed E-state index contributed by atoms with van der Waals surface area (Å²) >= 11 is 0. The van der Waals surface area contributed by atoms with Gasteiger partial charge in [0.25, 0.3) is 5.91 Å². The molecule has 0 aliphatic rings. The van der Waals surface area contributed by atoms with E-state index in [0.29, 0.717) is 11.4 Å². The largest absolute Gasteiger partial charge is 0.338 e. The molecule has 5 heteroatoms. The Hall–Kier alpha value is -2.17. The number of aromatic nitrogens is 2. The summed E-state index contributed by atoms with van der Waals surface area (Å²) in [5, 5.41) is 2.54. The Morgan fingerprint density at radius 2 is 1.86 bits per heavy atom. The monoisotopic (exact) mass is 293 g/mol. The van der Waals surface area contributed by atoms with E-state index < -0.39 is 11.7 Å². The molecule has 0 spiro atoms. The molecule has 0 saturated carbocycles. The zero-order chi connectivity index (χ0) is 16.4. The molecule has 2 rings (SSSR count). The summed E-state index contributed by atoms with van der Waals surface area (Å²) in [6.07, 6.45) is 3.20. The number of carbonyl (C=O) groups is 1. The SMILES string of the molecule is CC.CC.Cc1cccc(C(=O)Nc2cn(C)cn2)c1F. The van der Waals surface area contributed by atoms with Crippen LogP contribution in [0.4, 0.5) is 10.2 Å². The first-order chi connectivity index (χ1) is 10.1. The van der Waals surface area contributed by atoms with Crippen molar-refractivity contribution in [2.75, 3.05) is 5.32 Å². The number of nitrogens with one attached hydrogen (secondary N) is 1. The number of nitrogens with zero attached hydrogens (tertiary/aromatic N) is 2. The van der Waals surface area contributed by atoms with Gasteiger partial charge >= 0.3 is 0 Å². The van der Waals surface area contributed by atoms with Gasteiger partial charge in [-0.05, 0) is 18.6 Å². The molecule has 4 nitrogen and oxygen atoms in total. The summed E-state index contributed by atoms with van der Waals surface area (Å²) in [5.41, 5.74) is 0.467. The van der Waals surface area contributed by atoms with Gasteiger partial charge in [0.2, 0.25) is 0 Å². The summed E-state index contributed by atoms with van der Waals surface area (Å²) in [6.45, 7) is 9.62. The fourth-order valence-corrected chi connectivity index (χ4v) is 1.48. The summed E-state index contributed by atoms with van der Waals surface area (Å²) in [6, 6.07) is 4.71. The molecule has 0 bridgehead atoms. The fraction of sp³-hybridized carbons (Fsp3) is 0.375. The van der Waals surface area contributed by atoms with Crippen molar-refractivity contribution in [3.63, 3.8) is 0 Å². The first kappa shape index (κ1) is 18.8. The Kier molecular flexibility index (Phi) is 8.69. The Balaban J connectivity index is 0.000000921. The molecule has 0 saturated heterocycles. The molecule has 1 aromatic carbocycles. The molecule has 2 aromatic rings. The molecule has 0 fully saturated rings. The molecule has 0 unspecified atom stereocenters. The Morgan fingerprint density at radius 3 is 2.38 bits per heavy atom. The second-order valence-corrected chi connectivity index (χ2v) is 3.81. The molecule has 1 N–H and O–H groups in total. The van der Waals surface area contributed by atoms with E-state index in [9.17, 15) is 9.18 Å². The predicted molar refractivity (Wildman–Crippen MR) is 85.0 cm³/mol. The van der Waals surface area contributed by atoms with Crippen LogP contribution in [0.25, 0.3) is 0 Å². The molecule has 116 valence electrons. The summed E-state index contributed by atoms with van der Waals surface area (Å²) < 4.78 is 15.4. The minimum absolute atomic E-state index is 0.0238. The minimum atomic E-state index is -0.499. The van der Waals surface area contributed by atoms with Crippen LogP contribution in [0.5, 0.6) is 0 Å². The van der Waals surface area contributed by atoms with Gasteiger partial charge in [0.15, 0.2) is 5.82 Å². The first-order valence-corrected chi connectivity index (χ1v) is 7.12. The van der Waals surface area contributed by atoms with E-state index >= 15 is 0 Å². The molecule has 0 atom stereocenters. The smallest absolute Gasteiger partial charge is 0.259 e. The molecule has 21 heavy (non-hydrogen) atoms. The third-order valence-corrected chi connectivity index (χ3v) is 2.38. The zero-order valence-corrected chi connectivity index (χ0v) is 13.6. The number of benzene rings is 1. The standard InChI is InChI=1S/C12H12FN3O.2C2H6/c1-8-4-3-5-9(11(8)13)12(17)15-10-6-16(2)7-14-10;2*1-2/h3-7H,1-2H3,(H,15,17);2*1-2H3. The van der Waals surface area contributed by atoms with Gasteiger partial charge in [-0.15, -0.1) is 0 Å². The number of imidazole rings is 1. The lowest BCUT2D eigenvalue weighted by Gasteiger charge is -2.04. The number of halogens is 1. The summed E-state index contributed by atoms with van der Waals surface area (Å²) in [7, 11) is 1.79. The van der Waals surface area contributed by atoms with Crippen LogP contribution >= 0.6 is 0 Å². The lowest BCUT2D eigenvalue weighted by Crippen LogP contribution is -2.14. The fourth-order valence-electron chi connectivity index (χ4n) is 1.48. The Morgan fingerprint density at radius 1 is 1.24 bits per heavy atom. The number of aryl methyl sites for hydroxylation is 2. The van der Waals surface area contributed by atoms with Gasteiger partial charge in [-0.2, -0.15) is 0 Å². The molecule has 0 aliphatic carbocycles. The van der Waals surface area contributed by atoms with Gasteiger partial charge in [-0.25, -0.2) is 9.37 Å². The first-order valence-electron chi connectivity index (χ1n) is 7.12. The lowest BCUT2D eigenvalue weighted by atomic mass is 10.1. The molecule has 0 radical (unpaired) electrons. The molecule has 0 aliphatic heterocycles. The maximum absolute atomic E-state index is 13.7. The van der Waals surface area contributed by atoms with Crippen LogP contribution in [0, 0.1) is 12.7 Å². The van der Waals surface area contributed by atoms with Crippen LogP contribution in [-0.2, 0) is 7.05 Å². The second-order valence-electron chi connectivity index (χ2n) is 3.81. The average molecular weight is 293 g/mol. The van der Waals surface area contributed by atoms with Gasteiger partial charge in [0, 0.05) is 13.2 Å². The van der Waals surface area contributed by atoms with Crippen LogP contribution in [0.1, 0.15) is 43.6 Å². The molecule has 1 heterocycles. The van der Waals surface area contributed by atoms with Crippen molar-refractivity contribution in [2.24, 2.45) is 7.05 Å². The number of hydrogen-bond acceptors (Lipinski definition) is 2. The second kappa shape index (κ2) is 9.69. The highest BCUT2D eigenvalue weighted by atomic mass is 19.1. The predicted octanol–water partition coefficient (Wildman–Crippen LogP) is 4.17. The van der Waals surface area contributed by atoms with Gasteiger partial charge in [0.1, 0.15) is 5.82 Å². The molecular formula is C16H24FN3O. The van der Waals surface area contributed by atoms with Crippen LogP contribution < -0.4 is 5.32 Å². The van der Waals surface area contributed by atoms with Gasteiger partial charge in [0.05, 0.1) is 11.9 Å². The Labute approximate surface area is 126 Å². The lowest BCUT2D eigenvalue weighted by molar-refractivity contribution is 0.102. The van der Waals surface area contributed by atoms with Crippen LogP contribution in [0.2, 0.25) is 0 Å². The Bertz CT molecular complexity index is 564. The maximum Gasteiger partial charge on any atom is 0.259 e. The van der Waals surface area contributed by atoms with E-state index in [1.165, 1.54) is 6.07 Å². The topological polar surface area (TPSA) is 46.9 Å². The number of anilines is 1. The van der Waals surface area contributed by atoms with Crippen LogP contribution in [0.15, 0.2) is 30.7 Å². The van der Waals surface area contributed by atoms with Crippen molar-refractivity contribution in [1.29, 1.82) is 0 Å². The number of hydrogen-bond donors (Lipinski definition) is 1. The van der Waals surface area contributed by atoms with Crippen molar-refractivity contribution in [2.45, 2.75) is 34.6 Å². The van der Waals surface area contributed by atoms with E-state index in [4.69, 9.17) is 0 Å². The average Bonchev–Trinajstić information content (AvgIpc) is 2.91. The summed E-state index contributed by atoms with van der Waals surface area (Å²) in [4.78, 5) is 15.7. The van der Waals surface area contributed by atoms with E-state index in [1.807, 2.05) is 27.7 Å². The number of rotatable bonds is 2. The van der Waals surface area contributed by atoms with E-state index in [0.717, 1.165) is 0 Å². The van der Waals surface area contributed by atoms with Crippen molar-refractivity contribution in [3.05, 3.63) is 47.7 Å². The van der Waals surface area contributed by atoms with Gasteiger partial charge in [-0.3, -0.25) is 4.79 Å². The van der Waals surface area contributed by atoms with E-state index in [-0.39, 0.29) is 5.56 Å². The van der Waals surface area contributed by atoms with Crippen molar-refractivity contribution in [1.82, 2.24) is 9.55 Å². The highest BCUT2D eigenvalue weighted by Crippen LogP contribution is 2.13. The zero-order valence-electron chi connectivity index (χ0n) is 13.6. The van der Waals surface area contributed by atoms with Crippen LogP contribution in [0.3, 0.4) is 0 Å². The molecular weight excluding hydrogens is 269 g/mol. The van der Waals surface area contributed by atoms with E-state index in [1.54, 1.807) is 43.2 Å². The third kappa shape index (κ3) is 5.38. The summed E-state index contributed by atoms with van der Waals surface area (Å²) in [5.74, 6) is -0.593. The molecule has 1 aromatic heterocycles. The highest BCUT2D eigenvalue weighted by Gasteiger charge is 2.13. The molecule has 1 amide bonds. The normalized spacial score (nSPS) is 8.90. The van der Waals surface area contributed by atoms with Gasteiger partial charge < -0.3 is 9.88 Å². The van der Waals surface area contributed by atoms with Crippen LogP contribution in [-0.4, -0.2) is 15.5 Å². The van der Waals surface area contributed by atoms with Crippen molar-refractivity contribution < 1.29 is 9.18 Å². The quantitative estimate of drug-likeness (QED) is 0.903. The number of amides is 1. The van der Waals surface area contributed by atoms with Gasteiger partial charge in [-0.1, -0.05) is 39.8 Å². The van der Waals surface area contributed by atoms with E-state index in [2.05, 4.69) is 10.3 Å². The third-order valence-electron chi connectivity index (χ3n) is 2.38. The van der Waals surface area contributed by atoms with Crippen molar-refractivity contribution >= 4 is 11.7 Å². The highest BCUT2D eigenvalue weighted by molar-refractivity contribution is 6.04. The maximum atomic E-state index is 13.7. The minimum Gasteiger partial charge on any atom is -0.338 e. The number of carbonyl (C=O) groups excluding carboxylic acids is 1.